The van der Waals surface area contributed by atoms with Crippen molar-refractivity contribution in [3.63, 3.8) is 0 Å². The first-order valence-corrected chi connectivity index (χ1v) is 14.2. The van der Waals surface area contributed by atoms with E-state index in [0.717, 1.165) is 49.7 Å². The monoisotopic (exact) mass is 552 g/mol. The Bertz CT molecular complexity index is 1120. The first kappa shape index (κ1) is 31.1. The van der Waals surface area contributed by atoms with E-state index in [4.69, 9.17) is 9.47 Å². The van der Waals surface area contributed by atoms with Gasteiger partial charge in [0.1, 0.15) is 18.8 Å². The molecule has 8 nitrogen and oxygen atoms in total. The number of hydrogen-bond acceptors (Lipinski definition) is 5. The lowest BCUT2D eigenvalue weighted by Gasteiger charge is -2.36. The average molecular weight is 553 g/mol. The number of carboxylic acid groups (broad SMARTS) is 1. The number of rotatable bonds is 3. The number of alkyl carbamates (subject to hydrolysis) is 1. The number of fused-ring (bicyclic) bond motifs is 17. The van der Waals surface area contributed by atoms with E-state index in [1.165, 1.54) is 23.1 Å². The van der Waals surface area contributed by atoms with Gasteiger partial charge in [-0.05, 0) is 59.8 Å². The van der Waals surface area contributed by atoms with Gasteiger partial charge in [-0.1, -0.05) is 88.6 Å². The summed E-state index contributed by atoms with van der Waals surface area (Å²) < 4.78 is 10.6. The molecule has 40 heavy (non-hydrogen) atoms. The third-order valence-electron chi connectivity index (χ3n) is 7.40. The van der Waals surface area contributed by atoms with Gasteiger partial charge in [0.05, 0.1) is 6.61 Å². The van der Waals surface area contributed by atoms with Crippen molar-refractivity contribution in [1.82, 2.24) is 10.2 Å². The quantitative estimate of drug-likeness (QED) is 0.497. The fraction of sp³-hybridized carbons (Fsp3) is 0.531. The second-order valence-corrected chi connectivity index (χ2v) is 11.6. The molecule has 4 rings (SSSR count). The lowest BCUT2D eigenvalue weighted by Crippen LogP contribution is -2.58. The molecule has 2 unspecified atom stereocenters. The van der Waals surface area contributed by atoms with Crippen LogP contribution in [0.2, 0.25) is 0 Å². The van der Waals surface area contributed by atoms with Gasteiger partial charge in [0, 0.05) is 7.11 Å². The van der Waals surface area contributed by atoms with Gasteiger partial charge in [-0.3, -0.25) is 4.79 Å². The molecular formula is C32H44N2O6. The van der Waals surface area contributed by atoms with Gasteiger partial charge >= 0.3 is 12.1 Å². The summed E-state index contributed by atoms with van der Waals surface area (Å²) in [6, 6.07) is 14.5. The van der Waals surface area contributed by atoms with E-state index in [1.807, 2.05) is 32.9 Å². The maximum Gasteiger partial charge on any atom is 0.407 e. The number of amides is 2. The van der Waals surface area contributed by atoms with E-state index in [0.29, 0.717) is 6.42 Å². The smallest absolute Gasteiger partial charge is 0.407 e. The minimum atomic E-state index is -1.13. The molecule has 2 aliphatic rings. The average Bonchev–Trinajstić information content (AvgIpc) is 2.91. The van der Waals surface area contributed by atoms with Crippen LogP contribution in [0.25, 0.3) is 11.1 Å². The van der Waals surface area contributed by atoms with Crippen LogP contribution in [0.1, 0.15) is 70.4 Å². The maximum absolute atomic E-state index is 13.7. The Balaban J connectivity index is 1.91. The van der Waals surface area contributed by atoms with E-state index in [9.17, 15) is 19.5 Å². The van der Waals surface area contributed by atoms with Gasteiger partial charge in [0.25, 0.3) is 0 Å². The van der Waals surface area contributed by atoms with Crippen molar-refractivity contribution in [3.05, 3.63) is 59.7 Å². The second kappa shape index (κ2) is 14.8. The van der Waals surface area contributed by atoms with Crippen molar-refractivity contribution in [1.29, 1.82) is 0 Å². The molecule has 0 saturated carbocycles. The van der Waals surface area contributed by atoms with E-state index in [2.05, 4.69) is 41.7 Å². The molecule has 2 aromatic rings. The van der Waals surface area contributed by atoms with Crippen molar-refractivity contribution in [2.24, 2.45) is 5.41 Å². The number of aryl methyl sites for hydroxylation is 2. The standard InChI is InChI=1S/C32H44N2O6/c1-32(2,3)28-29(35)34(22-39-4)27(30(36)37)20-17-23-15-18-25(19-16-23)26-14-10-9-13-24(26)12-8-6-5-7-11-21-40-31(38)33-28/h9-10,13-16,18-19,27-28H,5-8,11-12,17,20-22H2,1-4H3,(H,33,38)(H,36,37). The lowest BCUT2D eigenvalue weighted by atomic mass is 9.85. The molecule has 2 aliphatic heterocycles. The highest BCUT2D eigenvalue weighted by molar-refractivity contribution is 5.90. The largest absolute Gasteiger partial charge is 0.480 e. The molecule has 0 fully saturated rings. The van der Waals surface area contributed by atoms with E-state index < -0.39 is 35.5 Å². The Morgan fingerprint density at radius 1 is 1.00 bits per heavy atom. The summed E-state index contributed by atoms with van der Waals surface area (Å²) in [5.74, 6) is -1.64. The van der Waals surface area contributed by atoms with Gasteiger partial charge in [-0.15, -0.1) is 0 Å². The van der Waals surface area contributed by atoms with Crippen LogP contribution in [0.3, 0.4) is 0 Å². The molecule has 218 valence electrons. The Labute approximate surface area is 238 Å². The lowest BCUT2D eigenvalue weighted by molar-refractivity contribution is -0.157. The van der Waals surface area contributed by atoms with Gasteiger partial charge in [-0.2, -0.15) is 0 Å². The fourth-order valence-corrected chi connectivity index (χ4v) is 5.12. The topological polar surface area (TPSA) is 105 Å². The zero-order valence-electron chi connectivity index (χ0n) is 24.3. The van der Waals surface area contributed by atoms with Crippen LogP contribution in [-0.4, -0.2) is 60.5 Å². The summed E-state index contributed by atoms with van der Waals surface area (Å²) in [7, 11) is 1.42. The van der Waals surface area contributed by atoms with Crippen molar-refractivity contribution in [2.45, 2.75) is 84.2 Å². The fourth-order valence-electron chi connectivity index (χ4n) is 5.12. The van der Waals surface area contributed by atoms with E-state index in [1.54, 1.807) is 0 Å². The summed E-state index contributed by atoms with van der Waals surface area (Å²) in [6.07, 6.45) is 5.88. The number of benzene rings is 2. The van der Waals surface area contributed by atoms with E-state index >= 15 is 0 Å². The number of carboxylic acids is 1. The molecule has 2 N–H and O–H groups in total. The van der Waals surface area contributed by atoms with Crippen molar-refractivity contribution < 1.29 is 29.0 Å². The van der Waals surface area contributed by atoms with Gasteiger partial charge in [-0.25, -0.2) is 9.59 Å². The Morgan fingerprint density at radius 3 is 2.35 bits per heavy atom. The summed E-state index contributed by atoms with van der Waals surface area (Å²) in [4.78, 5) is 40.0. The molecule has 2 atom stereocenters. The zero-order valence-corrected chi connectivity index (χ0v) is 24.3. The SMILES string of the molecule is COCN1C(=O)C(C(C)(C)C)NC(=O)OCCCCCCCc2ccccc2-c2ccc(cc2)CCC1C(=O)O. The normalized spacial score (nSPS) is 20.4. The van der Waals surface area contributed by atoms with Gasteiger partial charge in [0.15, 0.2) is 0 Å². The number of carbonyl (C=O) groups is 3. The van der Waals surface area contributed by atoms with Crippen molar-refractivity contribution in [2.75, 3.05) is 20.4 Å². The number of aliphatic carboxylic acids is 1. The minimum Gasteiger partial charge on any atom is -0.480 e. The Kier molecular flexibility index (Phi) is 11.6. The Morgan fingerprint density at radius 2 is 1.68 bits per heavy atom. The first-order valence-electron chi connectivity index (χ1n) is 14.2. The number of methoxy groups -OCH3 is 1. The number of carbonyl (C=O) groups excluding carboxylic acids is 2. The van der Waals surface area contributed by atoms with Crippen LogP contribution in [0.15, 0.2) is 48.5 Å². The number of nitrogens with zero attached hydrogens (tertiary/aromatic N) is 1. The summed E-state index contributed by atoms with van der Waals surface area (Å²) in [5, 5.41) is 12.8. The van der Waals surface area contributed by atoms with Crippen molar-refractivity contribution >= 4 is 18.0 Å². The number of ether oxygens (including phenoxy) is 2. The van der Waals surface area contributed by atoms with Gasteiger partial charge in [0.2, 0.25) is 5.91 Å². The molecular weight excluding hydrogens is 508 g/mol. The van der Waals surface area contributed by atoms with Crippen LogP contribution in [0, 0.1) is 5.41 Å². The molecule has 2 bridgehead atoms. The summed E-state index contributed by atoms with van der Waals surface area (Å²) in [6.45, 7) is 5.50. The molecule has 0 aromatic heterocycles. The first-order chi connectivity index (χ1) is 19.1. The van der Waals surface area contributed by atoms with Crippen LogP contribution in [0.4, 0.5) is 4.79 Å². The third-order valence-corrected chi connectivity index (χ3v) is 7.40. The molecule has 8 heteroatoms. The predicted molar refractivity (Wildman–Crippen MR) is 155 cm³/mol. The molecule has 0 spiro atoms. The highest BCUT2D eigenvalue weighted by Gasteiger charge is 2.40. The third kappa shape index (κ3) is 8.81. The van der Waals surface area contributed by atoms with Crippen LogP contribution < -0.4 is 5.32 Å². The highest BCUT2D eigenvalue weighted by atomic mass is 16.5. The summed E-state index contributed by atoms with van der Waals surface area (Å²) >= 11 is 0. The molecule has 0 aliphatic carbocycles. The van der Waals surface area contributed by atoms with Crippen molar-refractivity contribution in [3.8, 4) is 11.1 Å². The minimum absolute atomic E-state index is 0.196. The molecule has 2 amide bonds. The second-order valence-electron chi connectivity index (χ2n) is 11.6. The molecule has 2 heterocycles. The highest BCUT2D eigenvalue weighted by Crippen LogP contribution is 2.27. The Hall–Kier alpha value is -3.39. The van der Waals surface area contributed by atoms with E-state index in [-0.39, 0.29) is 19.8 Å². The van der Waals surface area contributed by atoms with Crippen LogP contribution in [0.5, 0.6) is 0 Å². The zero-order chi connectivity index (χ0) is 29.1. The number of nitrogens with one attached hydrogen (secondary N) is 1. The maximum atomic E-state index is 13.7. The number of hydrogen-bond donors (Lipinski definition) is 2. The van der Waals surface area contributed by atoms with Gasteiger partial charge < -0.3 is 24.8 Å². The van der Waals surface area contributed by atoms with Crippen LogP contribution >= 0.6 is 0 Å². The van der Waals surface area contributed by atoms with Crippen LogP contribution in [-0.2, 0) is 31.9 Å². The predicted octanol–water partition coefficient (Wildman–Crippen LogP) is 5.82. The molecule has 0 saturated heterocycles. The summed E-state index contributed by atoms with van der Waals surface area (Å²) in [5.41, 5.74) is 3.95. The molecule has 0 radical (unpaired) electrons. The molecule has 2 aromatic carbocycles.